The molecule has 1 atom stereocenters. The predicted octanol–water partition coefficient (Wildman–Crippen LogP) is 1.41. The minimum Gasteiger partial charge on any atom is -0.356 e. The van der Waals surface area contributed by atoms with Crippen LogP contribution in [0.1, 0.15) is 36.2 Å². The van der Waals surface area contributed by atoms with Gasteiger partial charge in [0.15, 0.2) is 0 Å². The number of aromatic amines is 1. The van der Waals surface area contributed by atoms with Crippen molar-refractivity contribution in [3.8, 4) is 0 Å². The zero-order valence-electron chi connectivity index (χ0n) is 13.1. The third-order valence-electron chi connectivity index (χ3n) is 4.10. The van der Waals surface area contributed by atoms with Gasteiger partial charge >= 0.3 is 0 Å². The summed E-state index contributed by atoms with van der Waals surface area (Å²) in [5.41, 5.74) is 3.15. The Balaban J connectivity index is 1.75. The van der Waals surface area contributed by atoms with Crippen molar-refractivity contribution in [3.63, 3.8) is 0 Å². The van der Waals surface area contributed by atoms with Gasteiger partial charge in [-0.2, -0.15) is 0 Å². The molecule has 3 rings (SSSR count). The number of fused-ring (bicyclic) bond motifs is 1. The molecule has 0 radical (unpaired) electrons. The van der Waals surface area contributed by atoms with Crippen LogP contribution in [0.25, 0.3) is 0 Å². The van der Waals surface area contributed by atoms with Gasteiger partial charge in [0, 0.05) is 32.4 Å². The van der Waals surface area contributed by atoms with Crippen molar-refractivity contribution in [2.75, 3.05) is 13.1 Å². The van der Waals surface area contributed by atoms with Crippen molar-refractivity contribution in [3.05, 3.63) is 53.6 Å². The van der Waals surface area contributed by atoms with Gasteiger partial charge in [0.05, 0.1) is 24.3 Å². The number of carbonyl (C=O) groups excluding carboxylic acids is 2. The third kappa shape index (κ3) is 3.41. The maximum atomic E-state index is 12.4. The number of carbonyl (C=O) groups is 2. The van der Waals surface area contributed by atoms with E-state index in [9.17, 15) is 9.59 Å². The Kier molecular flexibility index (Phi) is 4.41. The summed E-state index contributed by atoms with van der Waals surface area (Å²) in [6.45, 7) is 2.97. The quantitative estimate of drug-likeness (QED) is 0.896. The summed E-state index contributed by atoms with van der Waals surface area (Å²) >= 11 is 0. The molecule has 2 aromatic rings. The number of imidazole rings is 1. The van der Waals surface area contributed by atoms with E-state index >= 15 is 0 Å². The lowest BCUT2D eigenvalue weighted by molar-refractivity contribution is -0.132. The van der Waals surface area contributed by atoms with Gasteiger partial charge in [-0.25, -0.2) is 4.98 Å². The Labute approximate surface area is 134 Å². The van der Waals surface area contributed by atoms with Crippen molar-refractivity contribution in [2.45, 2.75) is 25.8 Å². The zero-order chi connectivity index (χ0) is 16.2. The number of nitrogens with zero attached hydrogens (tertiary/aromatic N) is 2. The first kappa shape index (κ1) is 15.3. The van der Waals surface area contributed by atoms with Crippen LogP contribution < -0.4 is 5.32 Å². The Morgan fingerprint density at radius 1 is 1.35 bits per heavy atom. The molecule has 1 aromatic heterocycles. The van der Waals surface area contributed by atoms with Crippen LogP contribution in [-0.4, -0.2) is 39.8 Å². The normalized spacial score (nSPS) is 16.7. The molecule has 1 aliphatic heterocycles. The van der Waals surface area contributed by atoms with Crippen LogP contribution in [0, 0.1) is 0 Å². The molecule has 6 heteroatoms. The smallest absolute Gasteiger partial charge is 0.224 e. The fourth-order valence-corrected chi connectivity index (χ4v) is 2.96. The molecule has 23 heavy (non-hydrogen) atoms. The second kappa shape index (κ2) is 6.64. The van der Waals surface area contributed by atoms with Gasteiger partial charge in [0.1, 0.15) is 0 Å². The highest BCUT2D eigenvalue weighted by atomic mass is 16.2. The first-order valence-electron chi connectivity index (χ1n) is 7.74. The van der Waals surface area contributed by atoms with Gasteiger partial charge in [0.25, 0.3) is 0 Å². The molecule has 1 aliphatic rings. The minimum absolute atomic E-state index is 0.0416. The first-order chi connectivity index (χ1) is 11.1. The number of benzene rings is 1. The predicted molar refractivity (Wildman–Crippen MR) is 85.6 cm³/mol. The van der Waals surface area contributed by atoms with E-state index in [1.165, 1.54) is 6.92 Å². The first-order valence-corrected chi connectivity index (χ1v) is 7.74. The summed E-state index contributed by atoms with van der Waals surface area (Å²) in [6, 6.07) is 10.1. The van der Waals surface area contributed by atoms with Gasteiger partial charge in [-0.05, 0) is 5.56 Å². The second-order valence-corrected chi connectivity index (χ2v) is 5.74. The van der Waals surface area contributed by atoms with E-state index < -0.39 is 0 Å². The fraction of sp³-hybridized carbons (Fsp3) is 0.353. The van der Waals surface area contributed by atoms with Gasteiger partial charge in [-0.1, -0.05) is 30.3 Å². The largest absolute Gasteiger partial charge is 0.356 e. The van der Waals surface area contributed by atoms with E-state index in [1.807, 2.05) is 23.1 Å². The monoisotopic (exact) mass is 312 g/mol. The minimum atomic E-state index is -0.116. The van der Waals surface area contributed by atoms with Crippen LogP contribution in [0.2, 0.25) is 0 Å². The molecule has 1 unspecified atom stereocenters. The maximum Gasteiger partial charge on any atom is 0.224 e. The van der Waals surface area contributed by atoms with Crippen molar-refractivity contribution in [1.82, 2.24) is 20.2 Å². The van der Waals surface area contributed by atoms with Crippen LogP contribution in [0.15, 0.2) is 36.7 Å². The van der Waals surface area contributed by atoms with Crippen molar-refractivity contribution in [2.24, 2.45) is 0 Å². The lowest BCUT2D eigenvalue weighted by atomic mass is 9.91. The van der Waals surface area contributed by atoms with Crippen LogP contribution in [0.3, 0.4) is 0 Å². The molecule has 0 saturated heterocycles. The molecule has 2 heterocycles. The fourth-order valence-electron chi connectivity index (χ4n) is 2.96. The van der Waals surface area contributed by atoms with Gasteiger partial charge < -0.3 is 15.2 Å². The Morgan fingerprint density at radius 2 is 2.13 bits per heavy atom. The lowest BCUT2D eigenvalue weighted by Gasteiger charge is -2.32. The van der Waals surface area contributed by atoms with E-state index in [1.54, 1.807) is 6.33 Å². The summed E-state index contributed by atoms with van der Waals surface area (Å²) in [7, 11) is 0. The summed E-state index contributed by atoms with van der Waals surface area (Å²) in [5, 5.41) is 2.67. The van der Waals surface area contributed by atoms with Gasteiger partial charge in [-0.15, -0.1) is 0 Å². The van der Waals surface area contributed by atoms with E-state index in [4.69, 9.17) is 0 Å². The highest BCUT2D eigenvalue weighted by Crippen LogP contribution is 2.31. The maximum absolute atomic E-state index is 12.4. The van der Waals surface area contributed by atoms with E-state index in [0.717, 1.165) is 17.0 Å². The Hall–Kier alpha value is -2.63. The van der Waals surface area contributed by atoms with Crippen LogP contribution in [0.5, 0.6) is 0 Å². The highest BCUT2D eigenvalue weighted by molar-refractivity contribution is 5.78. The van der Waals surface area contributed by atoms with Crippen molar-refractivity contribution >= 4 is 11.8 Å². The molecule has 1 aromatic carbocycles. The number of H-pyrrole nitrogens is 1. The summed E-state index contributed by atoms with van der Waals surface area (Å²) in [4.78, 5) is 32.8. The highest BCUT2D eigenvalue weighted by Gasteiger charge is 2.30. The molecule has 0 spiro atoms. The average Bonchev–Trinajstić information content (AvgIpc) is 3.02. The number of nitrogens with one attached hydrogen (secondary N) is 2. The van der Waals surface area contributed by atoms with Crippen LogP contribution in [0.4, 0.5) is 0 Å². The third-order valence-corrected chi connectivity index (χ3v) is 4.10. The number of aromatic nitrogens is 2. The number of amides is 2. The molecule has 2 N–H and O–H groups in total. The molecule has 0 saturated carbocycles. The van der Waals surface area contributed by atoms with Crippen LogP contribution in [-0.2, 0) is 16.1 Å². The second-order valence-electron chi connectivity index (χ2n) is 5.74. The molecule has 0 fully saturated rings. The van der Waals surface area contributed by atoms with Gasteiger partial charge in [-0.3, -0.25) is 9.59 Å². The molecule has 120 valence electrons. The molecular formula is C17H20N4O2. The summed E-state index contributed by atoms with van der Waals surface area (Å²) < 4.78 is 0. The van der Waals surface area contributed by atoms with Crippen molar-refractivity contribution in [1.29, 1.82) is 0 Å². The van der Waals surface area contributed by atoms with Crippen LogP contribution >= 0.6 is 0 Å². The molecular weight excluding hydrogens is 292 g/mol. The zero-order valence-corrected chi connectivity index (χ0v) is 13.1. The van der Waals surface area contributed by atoms with E-state index in [2.05, 4.69) is 27.4 Å². The van der Waals surface area contributed by atoms with E-state index in [0.29, 0.717) is 26.1 Å². The number of hydrogen-bond donors (Lipinski definition) is 2. The standard InChI is InChI=1S/C17H20N4O2/c1-12(22)18-8-7-16(23)21-9-14(13-5-3-2-4-6-13)17-15(10-21)19-11-20-17/h2-6,11,14H,7-10H2,1H3,(H,18,22)(H,19,20). The molecule has 6 nitrogen and oxygen atoms in total. The van der Waals surface area contributed by atoms with Crippen molar-refractivity contribution < 1.29 is 9.59 Å². The SMILES string of the molecule is CC(=O)NCCC(=O)N1Cc2[nH]cnc2C(c2ccccc2)C1. The molecule has 2 amide bonds. The topological polar surface area (TPSA) is 78.1 Å². The average molecular weight is 312 g/mol. The Bertz CT molecular complexity index is 696. The molecule has 0 aliphatic carbocycles. The number of hydrogen-bond acceptors (Lipinski definition) is 3. The molecule has 0 bridgehead atoms. The summed E-state index contributed by atoms with van der Waals surface area (Å²) in [5.74, 6) is 0.00491. The van der Waals surface area contributed by atoms with Gasteiger partial charge in [0.2, 0.25) is 11.8 Å². The summed E-state index contributed by atoms with van der Waals surface area (Å²) in [6.07, 6.45) is 2.00. The number of rotatable bonds is 4. The van der Waals surface area contributed by atoms with E-state index in [-0.39, 0.29) is 17.7 Å². The lowest BCUT2D eigenvalue weighted by Crippen LogP contribution is -2.40. The Morgan fingerprint density at radius 3 is 2.87 bits per heavy atom.